The highest BCUT2D eigenvalue weighted by molar-refractivity contribution is 9.10. The average molecular weight is 325 g/mol. The first-order chi connectivity index (χ1) is 9.22. The number of pyridine rings is 1. The van der Waals surface area contributed by atoms with Crippen molar-refractivity contribution in [1.29, 1.82) is 0 Å². The molecule has 5 heteroatoms. The van der Waals surface area contributed by atoms with E-state index in [0.717, 1.165) is 49.3 Å². The fraction of sp³-hybridized carbons (Fsp3) is 0.643. The van der Waals surface area contributed by atoms with Crippen LogP contribution in [0.1, 0.15) is 19.3 Å². The third kappa shape index (κ3) is 3.09. The van der Waals surface area contributed by atoms with Gasteiger partial charge in [-0.3, -0.25) is 4.90 Å². The maximum Gasteiger partial charge on any atom is 0.128 e. The van der Waals surface area contributed by atoms with E-state index in [0.29, 0.717) is 12.1 Å². The van der Waals surface area contributed by atoms with E-state index in [1.165, 1.54) is 6.42 Å². The third-order valence-electron chi connectivity index (χ3n) is 4.29. The van der Waals surface area contributed by atoms with Crippen molar-refractivity contribution in [2.45, 2.75) is 31.3 Å². The molecular weight excluding hydrogens is 304 g/mol. The average Bonchev–Trinajstić information content (AvgIpc) is 2.90. The first-order valence-corrected chi connectivity index (χ1v) is 7.88. The van der Waals surface area contributed by atoms with Gasteiger partial charge in [-0.15, -0.1) is 0 Å². The molecule has 1 aromatic rings. The van der Waals surface area contributed by atoms with Crippen molar-refractivity contribution >= 4 is 21.7 Å². The Bertz CT molecular complexity index is 414. The van der Waals surface area contributed by atoms with Gasteiger partial charge >= 0.3 is 0 Å². The van der Waals surface area contributed by atoms with Crippen LogP contribution in [0.4, 0.5) is 5.82 Å². The lowest BCUT2D eigenvalue weighted by molar-refractivity contribution is 0.163. The molecule has 0 aromatic carbocycles. The van der Waals surface area contributed by atoms with E-state index >= 15 is 0 Å². The van der Waals surface area contributed by atoms with Crippen molar-refractivity contribution < 1.29 is 0 Å². The molecule has 1 unspecified atom stereocenters. The monoisotopic (exact) mass is 324 g/mol. The zero-order valence-corrected chi connectivity index (χ0v) is 12.7. The van der Waals surface area contributed by atoms with E-state index in [9.17, 15) is 0 Å². The van der Waals surface area contributed by atoms with E-state index in [1.807, 2.05) is 6.20 Å². The van der Waals surface area contributed by atoms with Crippen LogP contribution in [0.25, 0.3) is 0 Å². The van der Waals surface area contributed by atoms with Crippen LogP contribution in [-0.2, 0) is 0 Å². The lowest BCUT2D eigenvalue weighted by Crippen LogP contribution is -2.46. The summed E-state index contributed by atoms with van der Waals surface area (Å²) in [5.41, 5.74) is 5.98. The van der Waals surface area contributed by atoms with Crippen molar-refractivity contribution in [3.05, 3.63) is 22.8 Å². The summed E-state index contributed by atoms with van der Waals surface area (Å²) < 4.78 is 1.04. The molecule has 19 heavy (non-hydrogen) atoms. The van der Waals surface area contributed by atoms with E-state index < -0.39 is 0 Å². The Morgan fingerprint density at radius 2 is 1.95 bits per heavy atom. The number of piperidine rings is 1. The van der Waals surface area contributed by atoms with Crippen LogP contribution in [0.15, 0.2) is 22.8 Å². The predicted octanol–water partition coefficient (Wildman–Crippen LogP) is 1.85. The lowest BCUT2D eigenvalue weighted by Gasteiger charge is -2.34. The molecule has 104 valence electrons. The van der Waals surface area contributed by atoms with Crippen LogP contribution in [0.5, 0.6) is 0 Å². The second-order valence-electron chi connectivity index (χ2n) is 5.60. The fourth-order valence-electron chi connectivity index (χ4n) is 3.09. The van der Waals surface area contributed by atoms with E-state index in [2.05, 4.69) is 42.8 Å². The van der Waals surface area contributed by atoms with Gasteiger partial charge in [0.25, 0.3) is 0 Å². The predicted molar refractivity (Wildman–Crippen MR) is 81.3 cm³/mol. The van der Waals surface area contributed by atoms with Gasteiger partial charge in [0.05, 0.1) is 0 Å². The Kier molecular flexibility index (Phi) is 4.05. The fourth-order valence-corrected chi connectivity index (χ4v) is 3.32. The molecule has 3 rings (SSSR count). The number of nitrogens with two attached hydrogens (primary N) is 1. The second kappa shape index (κ2) is 5.77. The highest BCUT2D eigenvalue weighted by Gasteiger charge is 2.30. The molecule has 0 radical (unpaired) electrons. The van der Waals surface area contributed by atoms with Crippen LogP contribution in [0.3, 0.4) is 0 Å². The summed E-state index contributed by atoms with van der Waals surface area (Å²) in [5.74, 6) is 1.10. The Hall–Kier alpha value is -0.650. The van der Waals surface area contributed by atoms with Gasteiger partial charge in [0.15, 0.2) is 0 Å². The first kappa shape index (κ1) is 13.3. The Morgan fingerprint density at radius 3 is 2.63 bits per heavy atom. The Labute approximate surface area is 123 Å². The second-order valence-corrected chi connectivity index (χ2v) is 6.51. The largest absolute Gasteiger partial charge is 0.355 e. The minimum atomic E-state index is 0.418. The highest BCUT2D eigenvalue weighted by Crippen LogP contribution is 2.24. The number of aromatic nitrogens is 1. The van der Waals surface area contributed by atoms with Gasteiger partial charge in [0.1, 0.15) is 5.82 Å². The molecule has 2 fully saturated rings. The molecule has 1 aromatic heterocycles. The minimum Gasteiger partial charge on any atom is -0.355 e. The molecule has 0 spiro atoms. The SMILES string of the molecule is NC1CCN(C2CCN(c3ccc(Br)cn3)C2)CC1. The quantitative estimate of drug-likeness (QED) is 0.901. The number of halogens is 1. The molecule has 2 N–H and O–H groups in total. The van der Waals surface area contributed by atoms with Crippen LogP contribution in [0, 0.1) is 0 Å². The molecule has 4 nitrogen and oxygen atoms in total. The van der Waals surface area contributed by atoms with Crippen LogP contribution >= 0.6 is 15.9 Å². The summed E-state index contributed by atoms with van der Waals surface area (Å²) in [4.78, 5) is 9.50. The molecule has 0 amide bonds. The van der Waals surface area contributed by atoms with Crippen molar-refractivity contribution in [1.82, 2.24) is 9.88 Å². The highest BCUT2D eigenvalue weighted by atomic mass is 79.9. The van der Waals surface area contributed by atoms with Gasteiger partial charge in [0, 0.05) is 35.8 Å². The zero-order valence-electron chi connectivity index (χ0n) is 11.1. The number of anilines is 1. The summed E-state index contributed by atoms with van der Waals surface area (Å²) >= 11 is 3.43. The standard InChI is InChI=1S/C14H21BrN4/c15-11-1-2-14(17-9-11)19-8-5-13(10-19)18-6-3-12(16)4-7-18/h1-2,9,12-13H,3-8,10,16H2. The van der Waals surface area contributed by atoms with Crippen molar-refractivity contribution in [3.63, 3.8) is 0 Å². The molecule has 1 atom stereocenters. The number of rotatable bonds is 2. The van der Waals surface area contributed by atoms with Crippen LogP contribution < -0.4 is 10.6 Å². The minimum absolute atomic E-state index is 0.418. The molecule has 2 saturated heterocycles. The Balaban J connectivity index is 1.59. The Morgan fingerprint density at radius 1 is 1.16 bits per heavy atom. The number of nitrogens with zero attached hydrogens (tertiary/aromatic N) is 3. The smallest absolute Gasteiger partial charge is 0.128 e. The summed E-state index contributed by atoms with van der Waals surface area (Å²) in [6, 6.07) is 5.26. The molecular formula is C14H21BrN4. The maximum absolute atomic E-state index is 5.98. The molecule has 3 heterocycles. The van der Waals surface area contributed by atoms with E-state index in [4.69, 9.17) is 5.73 Å². The normalized spacial score (nSPS) is 26.0. The number of hydrogen-bond acceptors (Lipinski definition) is 4. The van der Waals surface area contributed by atoms with E-state index in [1.54, 1.807) is 0 Å². The van der Waals surface area contributed by atoms with Gasteiger partial charge in [-0.2, -0.15) is 0 Å². The van der Waals surface area contributed by atoms with Crippen molar-refractivity contribution in [2.75, 3.05) is 31.1 Å². The van der Waals surface area contributed by atoms with Crippen molar-refractivity contribution in [2.24, 2.45) is 5.73 Å². The topological polar surface area (TPSA) is 45.4 Å². The van der Waals surface area contributed by atoms with Gasteiger partial charge in [0.2, 0.25) is 0 Å². The van der Waals surface area contributed by atoms with Crippen LogP contribution in [0.2, 0.25) is 0 Å². The molecule has 2 aliphatic heterocycles. The number of hydrogen-bond donors (Lipinski definition) is 1. The molecule has 0 aliphatic carbocycles. The van der Waals surface area contributed by atoms with Gasteiger partial charge in [-0.25, -0.2) is 4.98 Å². The number of likely N-dealkylation sites (tertiary alicyclic amines) is 1. The third-order valence-corrected chi connectivity index (χ3v) is 4.76. The summed E-state index contributed by atoms with van der Waals surface area (Å²) in [6.45, 7) is 4.53. The maximum atomic E-state index is 5.98. The summed E-state index contributed by atoms with van der Waals surface area (Å²) in [6.07, 6.45) is 5.41. The molecule has 0 saturated carbocycles. The van der Waals surface area contributed by atoms with Gasteiger partial charge in [-0.05, 0) is 60.4 Å². The van der Waals surface area contributed by atoms with Crippen LogP contribution in [-0.4, -0.2) is 48.1 Å². The van der Waals surface area contributed by atoms with Gasteiger partial charge in [-0.1, -0.05) is 0 Å². The van der Waals surface area contributed by atoms with Crippen molar-refractivity contribution in [3.8, 4) is 0 Å². The van der Waals surface area contributed by atoms with E-state index in [-0.39, 0.29) is 0 Å². The molecule has 0 bridgehead atoms. The first-order valence-electron chi connectivity index (χ1n) is 7.08. The molecule has 2 aliphatic rings. The summed E-state index contributed by atoms with van der Waals surface area (Å²) in [5, 5.41) is 0. The van der Waals surface area contributed by atoms with Gasteiger partial charge < -0.3 is 10.6 Å². The summed E-state index contributed by atoms with van der Waals surface area (Å²) in [7, 11) is 0. The zero-order chi connectivity index (χ0) is 13.2. The lowest BCUT2D eigenvalue weighted by atomic mass is 10.0.